The van der Waals surface area contributed by atoms with Crippen LogP contribution >= 0.6 is 27.7 Å². The lowest BCUT2D eigenvalue weighted by Gasteiger charge is -2.38. The lowest BCUT2D eigenvalue weighted by atomic mass is 9.70. The van der Waals surface area contributed by atoms with Gasteiger partial charge in [-0.25, -0.2) is 4.68 Å². The maximum Gasteiger partial charge on any atom is 0.248 e. The molecule has 13 heteroatoms. The third kappa shape index (κ3) is 6.41. The summed E-state index contributed by atoms with van der Waals surface area (Å²) in [6, 6.07) is 14.2. The number of thioether (sulfide) groups is 1. The molecule has 6 rings (SSSR count). The number of aliphatic hydroxyl groups is 1. The van der Waals surface area contributed by atoms with E-state index < -0.39 is 22.6 Å². The Morgan fingerprint density at radius 2 is 1.86 bits per heavy atom. The molecule has 3 aliphatic rings. The van der Waals surface area contributed by atoms with Crippen LogP contribution in [0.1, 0.15) is 32.6 Å². The summed E-state index contributed by atoms with van der Waals surface area (Å²) < 4.78 is 6.50. The number of ether oxygens (including phenoxy) is 1. The van der Waals surface area contributed by atoms with Crippen LogP contribution in [0.2, 0.25) is 0 Å². The summed E-state index contributed by atoms with van der Waals surface area (Å²) in [5.74, 6) is -1.14. The number of nitrogens with zero attached hydrogens (tertiary/aromatic N) is 6. The summed E-state index contributed by atoms with van der Waals surface area (Å²) in [6.45, 7) is 11.4. The Hall–Kier alpha value is -3.68. The quantitative estimate of drug-likeness (QED) is 0.128. The first-order chi connectivity index (χ1) is 23.8. The van der Waals surface area contributed by atoms with Gasteiger partial charge in [-0.1, -0.05) is 45.4 Å². The number of aliphatic hydroxyl groups excluding tert-OH is 1. The zero-order valence-corrected chi connectivity index (χ0v) is 30.1. The van der Waals surface area contributed by atoms with Crippen LogP contribution in [-0.2, 0) is 21.1 Å². The normalized spacial score (nSPS) is 25.4. The van der Waals surface area contributed by atoms with E-state index in [0.717, 1.165) is 11.0 Å². The van der Waals surface area contributed by atoms with Gasteiger partial charge in [-0.15, -0.1) is 30.0 Å². The molecule has 0 aliphatic carbocycles. The van der Waals surface area contributed by atoms with Crippen molar-refractivity contribution in [2.45, 2.75) is 60.1 Å². The van der Waals surface area contributed by atoms with E-state index in [4.69, 9.17) is 4.74 Å². The third-order valence-electron chi connectivity index (χ3n) is 9.79. The number of likely N-dealkylation sites (tertiary alicyclic amines) is 1. The highest BCUT2D eigenvalue weighted by atomic mass is 79.9. The Morgan fingerprint density at radius 1 is 1.10 bits per heavy atom. The van der Waals surface area contributed by atoms with Crippen LogP contribution in [0.15, 0.2) is 73.8 Å². The van der Waals surface area contributed by atoms with Crippen LogP contribution in [0.25, 0.3) is 11.0 Å². The summed E-state index contributed by atoms with van der Waals surface area (Å²) in [5.41, 5.74) is 2.21. The first-order valence-corrected chi connectivity index (χ1v) is 18.6. The number of anilines is 1. The van der Waals surface area contributed by atoms with Gasteiger partial charge in [0.05, 0.1) is 28.7 Å². The van der Waals surface area contributed by atoms with E-state index in [-0.39, 0.29) is 54.2 Å². The van der Waals surface area contributed by atoms with Crippen molar-refractivity contribution in [3.8, 4) is 5.75 Å². The highest BCUT2D eigenvalue weighted by molar-refractivity contribution is 9.09. The second-order valence-corrected chi connectivity index (χ2v) is 15.4. The van der Waals surface area contributed by atoms with Gasteiger partial charge in [0.1, 0.15) is 24.0 Å². The number of alkyl halides is 1. The number of carbonyl (C=O) groups is 3. The summed E-state index contributed by atoms with van der Waals surface area (Å²) in [5, 5.41) is 17.8. The first kappa shape index (κ1) is 35.2. The van der Waals surface area contributed by atoms with Crippen LogP contribution in [-0.4, -0.2) is 101 Å². The number of carbonyl (C=O) groups excluding carboxylic acids is 3. The molecule has 11 nitrogen and oxygen atoms in total. The molecule has 1 aromatic heterocycles. The molecule has 6 atom stereocenters. The van der Waals surface area contributed by atoms with Crippen molar-refractivity contribution >= 4 is 62.1 Å². The van der Waals surface area contributed by atoms with Crippen molar-refractivity contribution in [2.24, 2.45) is 11.8 Å². The molecule has 1 N–H and O–H groups in total. The first-order valence-electron chi connectivity index (χ1n) is 16.9. The van der Waals surface area contributed by atoms with Gasteiger partial charge in [0.15, 0.2) is 0 Å². The Morgan fingerprint density at radius 3 is 2.57 bits per heavy atom. The Balaban J connectivity index is 1.36. The predicted octanol–water partition coefficient (Wildman–Crippen LogP) is 4.65. The number of rotatable bonds is 16. The second kappa shape index (κ2) is 15.1. The van der Waals surface area contributed by atoms with Crippen molar-refractivity contribution < 1.29 is 24.2 Å². The van der Waals surface area contributed by atoms with Gasteiger partial charge in [0.2, 0.25) is 17.7 Å². The Labute approximate surface area is 299 Å². The average Bonchev–Trinajstić information content (AvgIpc) is 3.82. The van der Waals surface area contributed by atoms with Crippen molar-refractivity contribution in [3.63, 3.8) is 0 Å². The second-order valence-electron chi connectivity index (χ2n) is 12.7. The predicted molar refractivity (Wildman–Crippen MR) is 194 cm³/mol. The summed E-state index contributed by atoms with van der Waals surface area (Å²) in [4.78, 5) is 49.4. The molecule has 260 valence electrons. The molecule has 3 saturated heterocycles. The van der Waals surface area contributed by atoms with Crippen molar-refractivity contribution in [2.75, 3.05) is 37.7 Å². The summed E-state index contributed by atoms with van der Waals surface area (Å²) in [6.07, 6.45) is 5.89. The number of para-hydroxylation sites is 1. The molecule has 3 fully saturated rings. The van der Waals surface area contributed by atoms with Gasteiger partial charge in [-0.2, -0.15) is 0 Å². The largest absolute Gasteiger partial charge is 0.494 e. The number of aromatic nitrogens is 3. The van der Waals surface area contributed by atoms with E-state index in [1.807, 2.05) is 55.5 Å². The fraction of sp³-hybridized carbons (Fsp3) is 0.472. The van der Waals surface area contributed by atoms with Crippen molar-refractivity contribution in [3.05, 3.63) is 73.8 Å². The Kier molecular flexibility index (Phi) is 10.8. The third-order valence-corrected chi connectivity index (χ3v) is 13.0. The van der Waals surface area contributed by atoms with Gasteiger partial charge >= 0.3 is 0 Å². The van der Waals surface area contributed by atoms with E-state index in [9.17, 15) is 19.5 Å². The fourth-order valence-corrected chi connectivity index (χ4v) is 11.4. The number of fused-ring (bicyclic) bond motifs is 2. The number of hydrogen-bond donors (Lipinski definition) is 1. The zero-order valence-electron chi connectivity index (χ0n) is 27.7. The maximum atomic E-state index is 14.9. The van der Waals surface area contributed by atoms with Gasteiger partial charge in [-0.05, 0) is 69.0 Å². The monoisotopic (exact) mass is 750 g/mol. The average molecular weight is 752 g/mol. The molecule has 49 heavy (non-hydrogen) atoms. The number of unbranched alkanes of at least 4 members (excludes halogenated alkanes) is 2. The number of hydrogen-bond acceptors (Lipinski definition) is 8. The van der Waals surface area contributed by atoms with Gasteiger partial charge in [0.25, 0.3) is 0 Å². The van der Waals surface area contributed by atoms with E-state index in [2.05, 4.69) is 39.4 Å². The minimum absolute atomic E-state index is 0.0614. The van der Waals surface area contributed by atoms with E-state index in [1.165, 1.54) is 0 Å². The lowest BCUT2D eigenvalue weighted by Crippen LogP contribution is -2.56. The molecule has 1 spiro atoms. The SMILES string of the molecule is C=CCN(Cn1nnc2ccccc21)C(=O)C1N(CCCCCO)C(=O)[C@@H]2[C@H](C(=O)N(CC=C)c3ccc(OCC)cc3)[C@H]3SC12CC3Br. The van der Waals surface area contributed by atoms with E-state index in [0.29, 0.717) is 50.3 Å². The standard InChI is InChI=1S/C36H43BrN6O5S/c1-4-18-40(23-43-28-13-9-8-12-27(28)38-39-43)35(47)32-36-22-26(37)31(49-36)29(30(36)34(46)42(32)20-10-7-11-21-44)33(45)41(19-5-2)24-14-16-25(17-15-24)48-6-3/h4-5,8-9,12-17,26,29-32,44H,1-2,6-7,10-11,18-23H2,3H3/t26?,29-,30-,31-,32?,36?/m0/s1. The van der Waals surface area contributed by atoms with Crippen molar-refractivity contribution in [1.29, 1.82) is 0 Å². The molecule has 3 aromatic rings. The molecule has 2 aromatic carbocycles. The van der Waals surface area contributed by atoms with E-state index >= 15 is 0 Å². The summed E-state index contributed by atoms with van der Waals surface area (Å²) >= 11 is 5.51. The molecule has 2 bridgehead atoms. The fourth-order valence-electron chi connectivity index (χ4n) is 7.75. The van der Waals surface area contributed by atoms with Crippen LogP contribution in [0, 0.1) is 11.8 Å². The molecule has 0 saturated carbocycles. The zero-order chi connectivity index (χ0) is 34.7. The Bertz CT molecular complexity index is 1700. The minimum Gasteiger partial charge on any atom is -0.494 e. The van der Waals surface area contributed by atoms with Crippen LogP contribution in [0.3, 0.4) is 0 Å². The maximum absolute atomic E-state index is 14.9. The molecular formula is C36H43BrN6O5S. The van der Waals surface area contributed by atoms with Crippen LogP contribution in [0.5, 0.6) is 5.75 Å². The van der Waals surface area contributed by atoms with E-state index in [1.54, 1.807) is 43.3 Å². The molecule has 3 aliphatic heterocycles. The number of benzene rings is 2. The topological polar surface area (TPSA) is 121 Å². The molecular weight excluding hydrogens is 708 g/mol. The van der Waals surface area contributed by atoms with Crippen molar-refractivity contribution in [1.82, 2.24) is 24.8 Å². The number of amides is 3. The highest BCUT2D eigenvalue weighted by Crippen LogP contribution is 2.68. The highest BCUT2D eigenvalue weighted by Gasteiger charge is 2.76. The minimum atomic E-state index is -0.813. The lowest BCUT2D eigenvalue weighted by molar-refractivity contribution is -0.143. The smallest absolute Gasteiger partial charge is 0.248 e. The van der Waals surface area contributed by atoms with Gasteiger partial charge < -0.3 is 24.5 Å². The van der Waals surface area contributed by atoms with Gasteiger partial charge in [-0.3, -0.25) is 14.4 Å². The van der Waals surface area contributed by atoms with Crippen LogP contribution < -0.4 is 9.64 Å². The molecule has 3 unspecified atom stereocenters. The molecule has 0 radical (unpaired) electrons. The number of halogens is 1. The molecule has 4 heterocycles. The summed E-state index contributed by atoms with van der Waals surface area (Å²) in [7, 11) is 0. The van der Waals surface area contributed by atoms with Gasteiger partial charge in [0, 0.05) is 42.0 Å². The molecule has 3 amide bonds. The van der Waals surface area contributed by atoms with Crippen LogP contribution in [0.4, 0.5) is 5.69 Å².